The average Bonchev–Trinajstić information content (AvgIpc) is 3.14. The van der Waals surface area contributed by atoms with E-state index in [1.807, 2.05) is 0 Å². The van der Waals surface area contributed by atoms with Crippen LogP contribution < -0.4 is 10.9 Å². The van der Waals surface area contributed by atoms with Crippen molar-refractivity contribution in [2.75, 3.05) is 0 Å². The fourth-order valence-electron chi connectivity index (χ4n) is 3.31. The van der Waals surface area contributed by atoms with Gasteiger partial charge in [0.1, 0.15) is 17.7 Å². The fourth-order valence-corrected chi connectivity index (χ4v) is 3.31. The van der Waals surface area contributed by atoms with Crippen LogP contribution >= 0.6 is 0 Å². The van der Waals surface area contributed by atoms with E-state index in [1.165, 1.54) is 12.1 Å². The van der Waals surface area contributed by atoms with E-state index in [0.717, 1.165) is 0 Å². The molecule has 0 aliphatic rings. The Bertz CT molecular complexity index is 1250. The van der Waals surface area contributed by atoms with Crippen molar-refractivity contribution in [3.63, 3.8) is 0 Å². The van der Waals surface area contributed by atoms with E-state index in [0.29, 0.717) is 27.9 Å². The monoisotopic (exact) mass is 391 g/mol. The standard InChI is InChI=1S/C21H18FN5O2/c1-27-10-9-23-20(27)19(13-5-4-6-14(22)11-13)24-18(28)12-17-15-7-2-3-8-16(15)21(29)26-25-17/h2-11,19H,12H2,1H3,(H,24,28)(H,26,29). The van der Waals surface area contributed by atoms with Crippen LogP contribution in [0.15, 0.2) is 65.7 Å². The van der Waals surface area contributed by atoms with Gasteiger partial charge in [0.05, 0.1) is 17.5 Å². The van der Waals surface area contributed by atoms with Crippen molar-refractivity contribution >= 4 is 16.7 Å². The Kier molecular flexibility index (Phi) is 4.90. The number of aromatic amines is 1. The summed E-state index contributed by atoms with van der Waals surface area (Å²) in [6.07, 6.45) is 3.32. The van der Waals surface area contributed by atoms with Gasteiger partial charge in [-0.05, 0) is 23.8 Å². The number of hydrogen-bond donors (Lipinski definition) is 2. The summed E-state index contributed by atoms with van der Waals surface area (Å²) in [5.74, 6) is -0.153. The maximum atomic E-state index is 13.8. The molecule has 0 saturated carbocycles. The topological polar surface area (TPSA) is 92.7 Å². The van der Waals surface area contributed by atoms with Gasteiger partial charge in [-0.15, -0.1) is 0 Å². The molecule has 0 fully saturated rings. The Morgan fingerprint density at radius 3 is 2.72 bits per heavy atom. The molecule has 1 amide bonds. The second-order valence-electron chi connectivity index (χ2n) is 6.67. The van der Waals surface area contributed by atoms with E-state index >= 15 is 0 Å². The molecule has 4 aromatic rings. The van der Waals surface area contributed by atoms with Crippen LogP contribution in [0, 0.1) is 5.82 Å². The van der Waals surface area contributed by atoms with Gasteiger partial charge in [-0.3, -0.25) is 9.59 Å². The number of benzene rings is 2. The van der Waals surface area contributed by atoms with Gasteiger partial charge in [0.15, 0.2) is 0 Å². The highest BCUT2D eigenvalue weighted by atomic mass is 19.1. The summed E-state index contributed by atoms with van der Waals surface area (Å²) in [6, 6.07) is 12.4. The number of carbonyl (C=O) groups excluding carboxylic acids is 1. The van der Waals surface area contributed by atoms with Crippen molar-refractivity contribution in [2.45, 2.75) is 12.5 Å². The molecule has 2 heterocycles. The second kappa shape index (κ2) is 7.67. The summed E-state index contributed by atoms with van der Waals surface area (Å²) in [5, 5.41) is 10.5. The van der Waals surface area contributed by atoms with E-state index in [2.05, 4.69) is 20.5 Å². The Labute approximate surface area is 165 Å². The second-order valence-corrected chi connectivity index (χ2v) is 6.67. The molecule has 2 aromatic heterocycles. The maximum absolute atomic E-state index is 13.8. The Hall–Kier alpha value is -3.81. The zero-order valence-electron chi connectivity index (χ0n) is 15.6. The minimum absolute atomic E-state index is 0.0481. The summed E-state index contributed by atoms with van der Waals surface area (Å²) in [4.78, 5) is 29.1. The molecular weight excluding hydrogens is 373 g/mol. The molecule has 0 saturated heterocycles. The number of nitrogens with zero attached hydrogens (tertiary/aromatic N) is 3. The molecule has 0 radical (unpaired) electrons. The maximum Gasteiger partial charge on any atom is 0.272 e. The summed E-state index contributed by atoms with van der Waals surface area (Å²) >= 11 is 0. The van der Waals surface area contributed by atoms with E-state index in [4.69, 9.17) is 0 Å². The largest absolute Gasteiger partial charge is 0.342 e. The predicted octanol–water partition coefficient (Wildman–Crippen LogP) is 2.24. The minimum Gasteiger partial charge on any atom is -0.342 e. The van der Waals surface area contributed by atoms with Crippen LogP contribution in [0.3, 0.4) is 0 Å². The number of nitrogens with one attached hydrogen (secondary N) is 2. The molecule has 2 N–H and O–H groups in total. The molecule has 0 spiro atoms. The lowest BCUT2D eigenvalue weighted by Gasteiger charge is -2.19. The van der Waals surface area contributed by atoms with E-state index in [-0.39, 0.29) is 17.9 Å². The van der Waals surface area contributed by atoms with Gasteiger partial charge in [0, 0.05) is 24.8 Å². The summed E-state index contributed by atoms with van der Waals surface area (Å²) in [5.41, 5.74) is 0.720. The predicted molar refractivity (Wildman–Crippen MR) is 106 cm³/mol. The van der Waals surface area contributed by atoms with E-state index in [1.54, 1.807) is 60.4 Å². The van der Waals surface area contributed by atoms with Gasteiger partial charge in [0.2, 0.25) is 5.91 Å². The van der Waals surface area contributed by atoms with Crippen molar-refractivity contribution in [1.29, 1.82) is 0 Å². The number of imidazole rings is 1. The van der Waals surface area contributed by atoms with Gasteiger partial charge in [0.25, 0.3) is 5.56 Å². The molecule has 0 bridgehead atoms. The molecule has 2 aromatic carbocycles. The van der Waals surface area contributed by atoms with Gasteiger partial charge in [-0.1, -0.05) is 30.3 Å². The highest BCUT2D eigenvalue weighted by Gasteiger charge is 2.22. The lowest BCUT2D eigenvalue weighted by atomic mass is 10.0. The minimum atomic E-state index is -0.632. The molecule has 8 heteroatoms. The first-order valence-corrected chi connectivity index (χ1v) is 9.01. The summed E-state index contributed by atoms with van der Waals surface area (Å²) < 4.78 is 15.6. The number of carbonyl (C=O) groups is 1. The molecule has 0 aliphatic carbocycles. The number of fused-ring (bicyclic) bond motifs is 1. The molecule has 29 heavy (non-hydrogen) atoms. The SMILES string of the molecule is Cn1ccnc1C(NC(=O)Cc1n[nH]c(=O)c2ccccc12)c1cccc(F)c1. The molecule has 0 aliphatic heterocycles. The Morgan fingerprint density at radius 2 is 2.00 bits per heavy atom. The average molecular weight is 391 g/mol. The van der Waals surface area contributed by atoms with Crippen LogP contribution in [0.25, 0.3) is 10.8 Å². The smallest absolute Gasteiger partial charge is 0.272 e. The first-order valence-electron chi connectivity index (χ1n) is 9.01. The first kappa shape index (κ1) is 18.5. The van der Waals surface area contributed by atoms with Crippen molar-refractivity contribution in [2.24, 2.45) is 7.05 Å². The third kappa shape index (κ3) is 3.77. The van der Waals surface area contributed by atoms with Crippen LogP contribution in [0.1, 0.15) is 23.1 Å². The number of amides is 1. The molecule has 146 valence electrons. The first-order chi connectivity index (χ1) is 14.0. The zero-order valence-corrected chi connectivity index (χ0v) is 15.6. The highest BCUT2D eigenvalue weighted by Crippen LogP contribution is 2.22. The Balaban J connectivity index is 1.65. The zero-order chi connectivity index (χ0) is 20.4. The van der Waals surface area contributed by atoms with Crippen molar-refractivity contribution in [3.8, 4) is 0 Å². The van der Waals surface area contributed by atoms with Gasteiger partial charge < -0.3 is 9.88 Å². The lowest BCUT2D eigenvalue weighted by molar-refractivity contribution is -0.121. The Morgan fingerprint density at radius 1 is 1.21 bits per heavy atom. The molecule has 1 atom stereocenters. The van der Waals surface area contributed by atoms with E-state index in [9.17, 15) is 14.0 Å². The number of aryl methyl sites for hydroxylation is 1. The van der Waals surface area contributed by atoms with Crippen LogP contribution in [0.5, 0.6) is 0 Å². The van der Waals surface area contributed by atoms with Gasteiger partial charge in [-0.25, -0.2) is 14.5 Å². The summed E-state index contributed by atoms with van der Waals surface area (Å²) in [6.45, 7) is 0. The van der Waals surface area contributed by atoms with Crippen LogP contribution in [0.4, 0.5) is 4.39 Å². The highest BCUT2D eigenvalue weighted by molar-refractivity contribution is 5.88. The summed E-state index contributed by atoms with van der Waals surface area (Å²) in [7, 11) is 1.80. The van der Waals surface area contributed by atoms with E-state index < -0.39 is 11.9 Å². The molecular formula is C21H18FN5O2. The lowest BCUT2D eigenvalue weighted by Crippen LogP contribution is -2.32. The van der Waals surface area contributed by atoms with Crippen molar-refractivity contribution < 1.29 is 9.18 Å². The molecule has 7 nitrogen and oxygen atoms in total. The fraction of sp³-hybridized carbons (Fsp3) is 0.143. The normalized spacial score (nSPS) is 12.1. The molecule has 1 unspecified atom stereocenters. The number of hydrogen-bond acceptors (Lipinski definition) is 4. The van der Waals surface area contributed by atoms with Crippen LogP contribution in [-0.2, 0) is 18.3 Å². The van der Waals surface area contributed by atoms with Gasteiger partial charge >= 0.3 is 0 Å². The van der Waals surface area contributed by atoms with Gasteiger partial charge in [-0.2, -0.15) is 5.10 Å². The van der Waals surface area contributed by atoms with Crippen LogP contribution in [-0.4, -0.2) is 25.7 Å². The number of H-pyrrole nitrogens is 1. The quantitative estimate of drug-likeness (QED) is 0.546. The van der Waals surface area contributed by atoms with Crippen molar-refractivity contribution in [1.82, 2.24) is 25.1 Å². The number of aromatic nitrogens is 4. The third-order valence-corrected chi connectivity index (χ3v) is 4.71. The van der Waals surface area contributed by atoms with Crippen molar-refractivity contribution in [3.05, 3.63) is 94.2 Å². The third-order valence-electron chi connectivity index (χ3n) is 4.71. The van der Waals surface area contributed by atoms with Crippen LogP contribution in [0.2, 0.25) is 0 Å². The molecule has 4 rings (SSSR count). The number of halogens is 1. The number of rotatable bonds is 5.